The van der Waals surface area contributed by atoms with E-state index in [1.54, 1.807) is 18.0 Å². The lowest BCUT2D eigenvalue weighted by molar-refractivity contribution is 0.598. The van der Waals surface area contributed by atoms with Crippen molar-refractivity contribution >= 4 is 37.5 Å². The molecule has 17 heavy (non-hydrogen) atoms. The Hall–Kier alpha value is -0.110. The van der Waals surface area contributed by atoms with Crippen LogP contribution in [0.3, 0.4) is 0 Å². The fourth-order valence-electron chi connectivity index (χ4n) is 1.08. The summed E-state index contributed by atoms with van der Waals surface area (Å²) in [6.45, 7) is 1.27. The second kappa shape index (κ2) is 7.35. The van der Waals surface area contributed by atoms with Crippen LogP contribution in [0.1, 0.15) is 0 Å². The second-order valence-electron chi connectivity index (χ2n) is 3.52. The molecular weight excluding hydrogens is 324 g/mol. The molecule has 7 heteroatoms. The van der Waals surface area contributed by atoms with E-state index in [0.29, 0.717) is 6.54 Å². The smallest absolute Gasteiger partial charge is 0.148 e. The average molecular weight is 339 g/mol. The minimum absolute atomic E-state index is 0.185. The highest BCUT2D eigenvalue weighted by molar-refractivity contribution is 9.10. The van der Waals surface area contributed by atoms with Crippen molar-refractivity contribution in [2.45, 2.75) is 5.03 Å². The van der Waals surface area contributed by atoms with Crippen LogP contribution in [0.15, 0.2) is 27.8 Å². The third-order valence-corrected chi connectivity index (χ3v) is 4.75. The maximum Gasteiger partial charge on any atom is 0.148 e. The van der Waals surface area contributed by atoms with Gasteiger partial charge in [-0.3, -0.25) is 0 Å². The largest absolute Gasteiger partial charge is 0.315 e. The standard InChI is InChI=1S/C10H15BrN2O2S2/c1-17(14,15)8-6-12-5-7-16-10-9(11)3-2-4-13-10/h2-4,12H,5-8H2,1H3. The molecule has 0 spiro atoms. The number of thioether (sulfide) groups is 1. The van der Waals surface area contributed by atoms with Gasteiger partial charge in [-0.2, -0.15) is 0 Å². The lowest BCUT2D eigenvalue weighted by atomic mass is 10.5. The van der Waals surface area contributed by atoms with Crippen LogP contribution < -0.4 is 5.32 Å². The van der Waals surface area contributed by atoms with Gasteiger partial charge in [-0.05, 0) is 28.1 Å². The van der Waals surface area contributed by atoms with Crippen LogP contribution >= 0.6 is 27.7 Å². The molecule has 0 bridgehead atoms. The summed E-state index contributed by atoms with van der Waals surface area (Å²) in [4.78, 5) is 4.23. The van der Waals surface area contributed by atoms with Crippen molar-refractivity contribution in [2.75, 3.05) is 30.9 Å². The second-order valence-corrected chi connectivity index (χ2v) is 7.72. The first-order valence-electron chi connectivity index (χ1n) is 5.11. The Bertz CT molecular complexity index is 451. The molecule has 4 nitrogen and oxygen atoms in total. The monoisotopic (exact) mass is 338 g/mol. The van der Waals surface area contributed by atoms with Gasteiger partial charge in [0.25, 0.3) is 0 Å². The molecule has 0 amide bonds. The minimum atomic E-state index is -2.86. The fourth-order valence-corrected chi connectivity index (χ4v) is 2.97. The van der Waals surface area contributed by atoms with Gasteiger partial charge in [0.1, 0.15) is 14.9 Å². The van der Waals surface area contributed by atoms with E-state index in [-0.39, 0.29) is 5.75 Å². The van der Waals surface area contributed by atoms with Crippen LogP contribution in [0.5, 0.6) is 0 Å². The zero-order valence-corrected chi connectivity index (χ0v) is 12.7. The Morgan fingerprint density at radius 3 is 2.88 bits per heavy atom. The summed E-state index contributed by atoms with van der Waals surface area (Å²) in [5.74, 6) is 1.05. The molecule has 0 fully saturated rings. The van der Waals surface area contributed by atoms with Crippen LogP contribution in [0, 0.1) is 0 Å². The van der Waals surface area contributed by atoms with Gasteiger partial charge in [0, 0.05) is 35.8 Å². The number of aromatic nitrogens is 1. The van der Waals surface area contributed by atoms with Crippen molar-refractivity contribution in [3.63, 3.8) is 0 Å². The summed E-state index contributed by atoms with van der Waals surface area (Å²) < 4.78 is 22.7. The number of sulfone groups is 1. The van der Waals surface area contributed by atoms with Crippen LogP contribution in [0.2, 0.25) is 0 Å². The van der Waals surface area contributed by atoms with Gasteiger partial charge in [0.2, 0.25) is 0 Å². The maximum absolute atomic E-state index is 10.9. The van der Waals surface area contributed by atoms with Gasteiger partial charge in [-0.25, -0.2) is 13.4 Å². The molecular formula is C10H15BrN2O2S2. The predicted octanol–water partition coefficient (Wildman–Crippen LogP) is 1.57. The first-order valence-corrected chi connectivity index (χ1v) is 8.95. The normalized spacial score (nSPS) is 11.6. The predicted molar refractivity (Wildman–Crippen MR) is 75.2 cm³/mol. The number of hydrogen-bond acceptors (Lipinski definition) is 5. The van der Waals surface area contributed by atoms with E-state index >= 15 is 0 Å². The molecule has 0 aromatic carbocycles. The Balaban J connectivity index is 2.15. The molecule has 0 saturated heterocycles. The van der Waals surface area contributed by atoms with E-state index in [1.807, 2.05) is 12.1 Å². The highest BCUT2D eigenvalue weighted by Gasteiger charge is 2.02. The van der Waals surface area contributed by atoms with Crippen LogP contribution in [-0.2, 0) is 9.84 Å². The molecule has 0 radical (unpaired) electrons. The zero-order valence-electron chi connectivity index (χ0n) is 9.52. The number of rotatable bonds is 7. The van der Waals surface area contributed by atoms with Crippen molar-refractivity contribution in [3.8, 4) is 0 Å². The number of pyridine rings is 1. The van der Waals surface area contributed by atoms with Crippen LogP contribution in [0.25, 0.3) is 0 Å². The molecule has 0 atom stereocenters. The van der Waals surface area contributed by atoms with E-state index < -0.39 is 9.84 Å². The average Bonchev–Trinajstić information content (AvgIpc) is 2.24. The van der Waals surface area contributed by atoms with E-state index in [9.17, 15) is 8.42 Å². The van der Waals surface area contributed by atoms with E-state index in [0.717, 1.165) is 21.8 Å². The van der Waals surface area contributed by atoms with Gasteiger partial charge in [-0.1, -0.05) is 0 Å². The van der Waals surface area contributed by atoms with Crippen molar-refractivity contribution < 1.29 is 8.42 Å². The Morgan fingerprint density at radius 2 is 2.24 bits per heavy atom. The molecule has 1 rings (SSSR count). The number of halogens is 1. The molecule has 1 aromatic rings. The Labute approximate surface area is 115 Å². The molecule has 0 aliphatic rings. The summed E-state index contributed by atoms with van der Waals surface area (Å²) in [7, 11) is -2.86. The molecule has 1 aromatic heterocycles. The molecule has 0 unspecified atom stereocenters. The highest BCUT2D eigenvalue weighted by atomic mass is 79.9. The minimum Gasteiger partial charge on any atom is -0.315 e. The third-order valence-electron chi connectivity index (χ3n) is 1.89. The van der Waals surface area contributed by atoms with Crippen molar-refractivity contribution in [1.29, 1.82) is 0 Å². The molecule has 96 valence electrons. The van der Waals surface area contributed by atoms with Gasteiger partial charge in [0.05, 0.1) is 5.75 Å². The number of nitrogens with zero attached hydrogens (tertiary/aromatic N) is 1. The zero-order chi connectivity index (χ0) is 12.7. The van der Waals surface area contributed by atoms with E-state index in [1.165, 1.54) is 6.26 Å². The maximum atomic E-state index is 10.9. The van der Waals surface area contributed by atoms with Gasteiger partial charge >= 0.3 is 0 Å². The Morgan fingerprint density at radius 1 is 1.47 bits per heavy atom. The van der Waals surface area contributed by atoms with E-state index in [2.05, 4.69) is 26.2 Å². The van der Waals surface area contributed by atoms with Gasteiger partial charge in [0.15, 0.2) is 0 Å². The molecule has 0 saturated carbocycles. The topological polar surface area (TPSA) is 59.1 Å². The van der Waals surface area contributed by atoms with Crippen LogP contribution in [0.4, 0.5) is 0 Å². The lowest BCUT2D eigenvalue weighted by Gasteiger charge is -2.04. The molecule has 0 aliphatic heterocycles. The molecule has 1 N–H and O–H groups in total. The van der Waals surface area contributed by atoms with Gasteiger partial charge in [-0.15, -0.1) is 11.8 Å². The van der Waals surface area contributed by atoms with E-state index in [4.69, 9.17) is 0 Å². The summed E-state index contributed by atoms with van der Waals surface area (Å²) in [6, 6.07) is 3.82. The van der Waals surface area contributed by atoms with Gasteiger partial charge < -0.3 is 5.32 Å². The first kappa shape index (κ1) is 14.9. The summed E-state index contributed by atoms with van der Waals surface area (Å²) in [5.41, 5.74) is 0. The lowest BCUT2D eigenvalue weighted by Crippen LogP contribution is -2.24. The molecule has 1 heterocycles. The summed E-state index contributed by atoms with van der Waals surface area (Å²) in [6.07, 6.45) is 3.00. The number of hydrogen-bond donors (Lipinski definition) is 1. The quantitative estimate of drug-likeness (QED) is 0.604. The summed E-state index contributed by atoms with van der Waals surface area (Å²) >= 11 is 5.06. The van der Waals surface area contributed by atoms with Crippen molar-refractivity contribution in [3.05, 3.63) is 22.8 Å². The highest BCUT2D eigenvalue weighted by Crippen LogP contribution is 2.23. The first-order chi connectivity index (χ1) is 7.99. The van der Waals surface area contributed by atoms with Crippen molar-refractivity contribution in [1.82, 2.24) is 10.3 Å². The number of nitrogens with one attached hydrogen (secondary N) is 1. The van der Waals surface area contributed by atoms with Crippen LogP contribution in [-0.4, -0.2) is 44.3 Å². The summed E-state index contributed by atoms with van der Waals surface area (Å²) in [5, 5.41) is 4.04. The Kier molecular flexibility index (Phi) is 6.47. The SMILES string of the molecule is CS(=O)(=O)CCNCCSc1ncccc1Br. The molecule has 0 aliphatic carbocycles. The van der Waals surface area contributed by atoms with Crippen molar-refractivity contribution in [2.24, 2.45) is 0 Å². The fraction of sp³-hybridized carbons (Fsp3) is 0.500. The third kappa shape index (κ3) is 7.03.